The van der Waals surface area contributed by atoms with E-state index in [1.165, 1.54) is 30.3 Å². The maximum absolute atomic E-state index is 10.2. The summed E-state index contributed by atoms with van der Waals surface area (Å²) in [5.41, 5.74) is 0.894. The molecular formula is C15H15LiO6. The molecule has 0 amide bonds. The third kappa shape index (κ3) is 2.81. The Hall–Kier alpha value is -2.00. The van der Waals surface area contributed by atoms with Crippen molar-refractivity contribution in [1.29, 1.82) is 0 Å². The molecule has 112 valence electrons. The second-order valence-corrected chi connectivity index (χ2v) is 5.00. The van der Waals surface area contributed by atoms with E-state index in [-0.39, 0.29) is 54.0 Å². The van der Waals surface area contributed by atoms with Crippen LogP contribution in [0, 0.1) is 0 Å². The van der Waals surface area contributed by atoms with E-state index in [0.29, 0.717) is 11.1 Å². The van der Waals surface area contributed by atoms with E-state index in [0.717, 1.165) is 0 Å². The van der Waals surface area contributed by atoms with E-state index in [1.54, 1.807) is 0 Å². The van der Waals surface area contributed by atoms with Crippen molar-refractivity contribution in [3.05, 3.63) is 41.5 Å². The van der Waals surface area contributed by atoms with E-state index in [1.807, 2.05) is 0 Å². The van der Waals surface area contributed by atoms with Crippen molar-refractivity contribution < 1.29 is 30.3 Å². The molecule has 0 fully saturated rings. The fourth-order valence-corrected chi connectivity index (χ4v) is 2.47. The molecule has 0 spiro atoms. The third-order valence-corrected chi connectivity index (χ3v) is 3.51. The summed E-state index contributed by atoms with van der Waals surface area (Å²) < 4.78 is 5.62. The van der Waals surface area contributed by atoms with Crippen molar-refractivity contribution in [2.24, 2.45) is 0 Å². The summed E-state index contributed by atoms with van der Waals surface area (Å²) in [5, 5.41) is 48.3. The average Bonchev–Trinajstić information content (AvgIpc) is 2.42. The van der Waals surface area contributed by atoms with Gasteiger partial charge in [-0.3, -0.25) is 0 Å². The molecule has 1 aliphatic rings. The molecule has 2 aromatic rings. The zero-order chi connectivity index (χ0) is 15.1. The van der Waals surface area contributed by atoms with Gasteiger partial charge < -0.3 is 30.3 Å². The zero-order valence-corrected chi connectivity index (χ0v) is 10.9. The summed E-state index contributed by atoms with van der Waals surface area (Å²) in [6, 6.07) is 6.67. The number of aromatic hydroxyl groups is 4. The summed E-state index contributed by atoms with van der Waals surface area (Å²) in [7, 11) is 0. The number of aliphatic hydroxyl groups excluding tert-OH is 1. The number of phenols is 4. The van der Waals surface area contributed by atoms with E-state index in [4.69, 9.17) is 4.74 Å². The maximum atomic E-state index is 10.2. The van der Waals surface area contributed by atoms with Gasteiger partial charge in [0.15, 0.2) is 11.5 Å². The first-order valence-corrected chi connectivity index (χ1v) is 6.37. The van der Waals surface area contributed by atoms with Crippen molar-refractivity contribution in [2.45, 2.75) is 18.6 Å². The first-order chi connectivity index (χ1) is 9.95. The summed E-state index contributed by atoms with van der Waals surface area (Å²) in [6.07, 6.45) is -1.56. The molecule has 1 heterocycles. The molecule has 22 heavy (non-hydrogen) atoms. The van der Waals surface area contributed by atoms with E-state index < -0.39 is 12.2 Å². The molecule has 0 saturated carbocycles. The van der Waals surface area contributed by atoms with Crippen molar-refractivity contribution in [3.63, 3.8) is 0 Å². The van der Waals surface area contributed by atoms with Gasteiger partial charge in [-0.1, -0.05) is 6.07 Å². The second kappa shape index (κ2) is 6.01. The van der Waals surface area contributed by atoms with Gasteiger partial charge in [0, 0.05) is 24.1 Å². The van der Waals surface area contributed by atoms with Crippen LogP contribution in [0.2, 0.25) is 0 Å². The molecule has 0 bridgehead atoms. The molecule has 2 atom stereocenters. The number of aliphatic hydroxyl groups is 1. The Labute approximate surface area is 138 Å². The van der Waals surface area contributed by atoms with Gasteiger partial charge in [0.2, 0.25) is 0 Å². The quantitative estimate of drug-likeness (QED) is 0.395. The van der Waals surface area contributed by atoms with E-state index in [2.05, 4.69) is 0 Å². The molecule has 0 unspecified atom stereocenters. The fraction of sp³-hybridized carbons (Fsp3) is 0.200. The fourth-order valence-electron chi connectivity index (χ4n) is 2.47. The monoisotopic (exact) mass is 298 g/mol. The normalized spacial score (nSPS) is 19.7. The third-order valence-electron chi connectivity index (χ3n) is 3.51. The van der Waals surface area contributed by atoms with E-state index >= 15 is 0 Å². The molecule has 0 radical (unpaired) electrons. The van der Waals surface area contributed by atoms with Crippen LogP contribution in [0.5, 0.6) is 28.7 Å². The summed E-state index contributed by atoms with van der Waals surface area (Å²) in [4.78, 5) is 0. The van der Waals surface area contributed by atoms with Gasteiger partial charge in [0.05, 0.1) is 6.10 Å². The molecule has 0 aliphatic carbocycles. The van der Waals surface area contributed by atoms with Gasteiger partial charge in [0.25, 0.3) is 0 Å². The van der Waals surface area contributed by atoms with Gasteiger partial charge in [-0.2, -0.15) is 0 Å². The molecule has 6 nitrogen and oxygen atoms in total. The Kier molecular flexibility index (Phi) is 4.47. The Bertz CT molecular complexity index is 703. The van der Waals surface area contributed by atoms with Crippen molar-refractivity contribution in [1.82, 2.24) is 0 Å². The predicted molar refractivity (Wildman–Crippen MR) is 79.8 cm³/mol. The summed E-state index contributed by atoms with van der Waals surface area (Å²) >= 11 is 0. The molecule has 2 aromatic carbocycles. The van der Waals surface area contributed by atoms with Crippen LogP contribution in [0.15, 0.2) is 30.3 Å². The van der Waals surface area contributed by atoms with E-state index in [9.17, 15) is 25.5 Å². The molecule has 0 aromatic heterocycles. The topological polar surface area (TPSA) is 110 Å². The Morgan fingerprint density at radius 2 is 1.64 bits per heavy atom. The Morgan fingerprint density at radius 1 is 0.909 bits per heavy atom. The SMILES string of the molecule is Oc1cc(O)c2c(c1)O[C@H](c1ccc(O)c(O)c1)[C@H](O)C2.[LiH]. The Balaban J connectivity index is 0.00000176. The summed E-state index contributed by atoms with van der Waals surface area (Å²) in [6.45, 7) is 0. The zero-order valence-electron chi connectivity index (χ0n) is 10.9. The van der Waals surface area contributed by atoms with Gasteiger partial charge in [-0.25, -0.2) is 0 Å². The number of fused-ring (bicyclic) bond motifs is 1. The van der Waals surface area contributed by atoms with Crippen LogP contribution in [-0.4, -0.2) is 50.5 Å². The first-order valence-electron chi connectivity index (χ1n) is 6.37. The number of hydrogen-bond donors (Lipinski definition) is 5. The van der Waals surface area contributed by atoms with Crippen LogP contribution in [0.3, 0.4) is 0 Å². The molecule has 0 saturated heterocycles. The van der Waals surface area contributed by atoms with Crippen LogP contribution in [0.25, 0.3) is 0 Å². The number of rotatable bonds is 1. The van der Waals surface area contributed by atoms with Gasteiger partial charge in [-0.05, 0) is 17.7 Å². The molecule has 7 heteroatoms. The van der Waals surface area contributed by atoms with Crippen molar-refractivity contribution in [3.8, 4) is 28.7 Å². The van der Waals surface area contributed by atoms with Gasteiger partial charge >= 0.3 is 18.9 Å². The van der Waals surface area contributed by atoms with Gasteiger partial charge in [-0.15, -0.1) is 0 Å². The minimum absolute atomic E-state index is 0. The van der Waals surface area contributed by atoms with Crippen molar-refractivity contribution in [2.75, 3.05) is 0 Å². The van der Waals surface area contributed by atoms with Gasteiger partial charge in [0.1, 0.15) is 23.4 Å². The van der Waals surface area contributed by atoms with Crippen molar-refractivity contribution >= 4 is 18.9 Å². The number of ether oxygens (including phenoxy) is 1. The number of benzene rings is 2. The standard InChI is InChI=1S/C15H14O6.Li.H/c16-8-4-11(18)9-6-13(20)15(21-14(9)5-8)7-1-2-10(17)12(19)3-7;;/h1-5,13,15-20H,6H2;;/t13-,15-;;/m1../s1. The first kappa shape index (κ1) is 16.4. The Morgan fingerprint density at radius 3 is 2.32 bits per heavy atom. The number of hydrogen-bond acceptors (Lipinski definition) is 6. The molecular weight excluding hydrogens is 283 g/mol. The minimum atomic E-state index is -0.933. The number of phenolic OH excluding ortho intramolecular Hbond substituents is 4. The second-order valence-electron chi connectivity index (χ2n) is 5.00. The summed E-state index contributed by atoms with van der Waals surface area (Å²) in [5.74, 6) is -0.589. The van der Waals surface area contributed by atoms with Crippen LogP contribution < -0.4 is 4.74 Å². The molecule has 1 aliphatic heterocycles. The van der Waals surface area contributed by atoms with Crippen LogP contribution >= 0.6 is 0 Å². The van der Waals surface area contributed by atoms with Crippen LogP contribution in [0.1, 0.15) is 17.2 Å². The molecule has 3 rings (SSSR count). The average molecular weight is 298 g/mol. The van der Waals surface area contributed by atoms with Crippen LogP contribution in [0.4, 0.5) is 0 Å². The predicted octanol–water partition coefficient (Wildman–Crippen LogP) is 0.898. The molecule has 5 N–H and O–H groups in total. The van der Waals surface area contributed by atoms with Crippen LogP contribution in [-0.2, 0) is 6.42 Å².